The number of thiocarbonyl (C=S) groups is 1. The van der Waals surface area contributed by atoms with Crippen LogP contribution in [0, 0.1) is 20.8 Å². The van der Waals surface area contributed by atoms with Crippen LogP contribution in [0.2, 0.25) is 0 Å². The number of hydrogen-bond acceptors (Lipinski definition) is 6. The molecule has 0 aliphatic rings. The molecule has 0 atom stereocenters. The molecule has 0 aromatic heterocycles. The van der Waals surface area contributed by atoms with Crippen molar-refractivity contribution >= 4 is 30.0 Å². The van der Waals surface area contributed by atoms with E-state index < -0.39 is 0 Å². The van der Waals surface area contributed by atoms with Crippen LogP contribution in [-0.2, 0) is 16.8 Å². The number of isothiocyanates is 1. The molecule has 0 unspecified atom stereocenters. The van der Waals surface area contributed by atoms with Gasteiger partial charge in [-0.3, -0.25) is 0 Å². The van der Waals surface area contributed by atoms with Crippen LogP contribution >= 0.6 is 24.8 Å². The van der Waals surface area contributed by atoms with Crippen molar-refractivity contribution in [2.24, 2.45) is 5.34 Å². The first kappa shape index (κ1) is 36.0. The van der Waals surface area contributed by atoms with Gasteiger partial charge in [0.05, 0.1) is 0 Å². The molecule has 0 aliphatic heterocycles. The van der Waals surface area contributed by atoms with Crippen molar-refractivity contribution in [1.29, 1.82) is 5.26 Å². The summed E-state index contributed by atoms with van der Waals surface area (Å²) in [6, 6.07) is 0. The zero-order valence-electron chi connectivity index (χ0n) is 9.18. The van der Waals surface area contributed by atoms with Gasteiger partial charge in [-0.25, -0.2) is 0 Å². The Hall–Kier alpha value is -0.614. The summed E-state index contributed by atoms with van der Waals surface area (Å²) in [5.74, 6) is 0. The second-order valence-corrected chi connectivity index (χ2v) is 1.65. The Kier molecular flexibility index (Phi) is 190. The van der Waals surface area contributed by atoms with Gasteiger partial charge >= 0.3 is 16.8 Å². The molecule has 0 amide bonds. The van der Waals surface area contributed by atoms with Crippen LogP contribution in [0.15, 0.2) is 5.34 Å². The average Bonchev–Trinajstić information content (AvgIpc) is 2.32. The van der Waals surface area contributed by atoms with Crippen molar-refractivity contribution in [2.45, 2.75) is 0 Å². The molecule has 0 fully saturated rings. The number of nitriles is 1. The number of nitrogens with one attached hydrogen (secondary N) is 4. The molecule has 0 bridgehead atoms. The topological polar surface area (TPSA) is 194 Å². The fourth-order valence-electron chi connectivity index (χ4n) is 0. The summed E-state index contributed by atoms with van der Waals surface area (Å²) in [6.45, 7) is 0.944. The second kappa shape index (κ2) is 95.1. The minimum Gasteiger partial charge on any atom is -0.753 e. The number of rotatable bonds is 2. The molecule has 0 saturated heterocycles. The van der Waals surface area contributed by atoms with Crippen LogP contribution in [0.4, 0.5) is 0 Å². The van der Waals surface area contributed by atoms with E-state index in [1.807, 2.05) is 0 Å². The zero-order chi connectivity index (χ0) is 14.9. The first-order valence-corrected chi connectivity index (χ1v) is 4.51. The summed E-state index contributed by atoms with van der Waals surface area (Å²) < 4.78 is 0. The van der Waals surface area contributed by atoms with Crippen LogP contribution in [0.3, 0.4) is 0 Å². The van der Waals surface area contributed by atoms with Gasteiger partial charge in [-0.05, 0) is 0 Å². The van der Waals surface area contributed by atoms with Gasteiger partial charge < -0.3 is 38.5 Å². The summed E-state index contributed by atoms with van der Waals surface area (Å²) in [5.41, 5.74) is 25.1. The van der Waals surface area contributed by atoms with E-state index in [1.165, 1.54) is 10.6 Å². The van der Waals surface area contributed by atoms with Gasteiger partial charge in [-0.1, -0.05) is 24.8 Å². The summed E-state index contributed by atoms with van der Waals surface area (Å²) >= 11 is 6.79. The van der Waals surface area contributed by atoms with Gasteiger partial charge in [0.15, 0.2) is 0 Å². The maximum Gasteiger partial charge on any atom is 3.00 e. The fraction of sp³-hybridized carbons (Fsp3) is 0.667. The average molecular weight is 338 g/mol. The molecule has 18 heavy (non-hydrogen) atoms. The SMILES string of the molecule is N#CS.O=N[O-].[Co+3].[N-]=C=S.[NH-]CC[NH-].[NH-]CC[NH-]. The van der Waals surface area contributed by atoms with Gasteiger partial charge in [-0.15, -0.1) is 5.34 Å². The van der Waals surface area contributed by atoms with Crippen molar-refractivity contribution in [3.63, 3.8) is 0 Å². The Morgan fingerprint density at radius 1 is 1.22 bits per heavy atom. The number of hydrogen-bond donors (Lipinski definition) is 1. The molecular formula is C6H13CoN7O2S2-3. The zero-order valence-corrected chi connectivity index (χ0v) is 11.9. The van der Waals surface area contributed by atoms with E-state index in [1.54, 1.807) is 0 Å². The Labute approximate surface area is 127 Å². The van der Waals surface area contributed by atoms with Crippen LogP contribution < -0.4 is 0 Å². The van der Waals surface area contributed by atoms with Crippen molar-refractivity contribution < 1.29 is 16.8 Å². The van der Waals surface area contributed by atoms with E-state index in [0.717, 1.165) is 5.34 Å². The molecular weight excluding hydrogens is 325 g/mol. The van der Waals surface area contributed by atoms with E-state index in [0.29, 0.717) is 0 Å². The van der Waals surface area contributed by atoms with Crippen LogP contribution in [-0.4, -0.2) is 31.3 Å². The third kappa shape index (κ3) is 1660. The largest absolute Gasteiger partial charge is 3.00 e. The molecule has 0 aromatic carbocycles. The van der Waals surface area contributed by atoms with Crippen molar-refractivity contribution in [3.05, 3.63) is 38.5 Å². The second-order valence-electron chi connectivity index (χ2n) is 1.27. The quantitative estimate of drug-likeness (QED) is 0.201. The molecule has 108 valence electrons. The minimum absolute atomic E-state index is 0. The van der Waals surface area contributed by atoms with Crippen molar-refractivity contribution in [1.82, 2.24) is 0 Å². The number of nitrogens with zero attached hydrogens (tertiary/aromatic N) is 3. The fourth-order valence-corrected chi connectivity index (χ4v) is 0. The minimum atomic E-state index is 0. The Balaban J connectivity index is -0.0000000249. The van der Waals surface area contributed by atoms with E-state index in [9.17, 15) is 0 Å². The van der Waals surface area contributed by atoms with Gasteiger partial charge in [-0.2, -0.15) is 36.6 Å². The number of thiol groups is 1. The Bertz CT molecular complexity index is 168. The molecule has 0 heterocycles. The predicted octanol–water partition coefficient (Wildman–Crippen LogP) is 3.49. The summed E-state index contributed by atoms with van der Waals surface area (Å²) in [6.07, 6.45) is 0. The monoisotopic (exact) mass is 338 g/mol. The van der Waals surface area contributed by atoms with Gasteiger partial charge in [0.2, 0.25) is 0 Å². The third-order valence-electron chi connectivity index (χ3n) is 0.250. The molecule has 0 radical (unpaired) electrons. The molecule has 0 rings (SSSR count). The van der Waals surface area contributed by atoms with E-state index in [4.69, 9.17) is 43.7 Å². The molecule has 9 nitrogen and oxygen atoms in total. The van der Waals surface area contributed by atoms with Gasteiger partial charge in [0, 0.05) is 0 Å². The van der Waals surface area contributed by atoms with Crippen LogP contribution in [0.25, 0.3) is 28.3 Å². The molecule has 0 aliphatic carbocycles. The van der Waals surface area contributed by atoms with Crippen LogP contribution in [0.1, 0.15) is 0 Å². The summed E-state index contributed by atoms with van der Waals surface area (Å²) in [7, 11) is 0. The Morgan fingerprint density at radius 3 is 1.28 bits per heavy atom. The summed E-state index contributed by atoms with van der Waals surface area (Å²) in [5, 5.41) is 26.1. The third-order valence-corrected chi connectivity index (χ3v) is 0.250. The Morgan fingerprint density at radius 2 is 1.28 bits per heavy atom. The van der Waals surface area contributed by atoms with Crippen LogP contribution in [0.5, 0.6) is 0 Å². The van der Waals surface area contributed by atoms with Gasteiger partial charge in [0.1, 0.15) is 5.40 Å². The van der Waals surface area contributed by atoms with Crippen molar-refractivity contribution in [3.8, 4) is 5.40 Å². The number of thiocyanates is 1. The molecule has 0 saturated carbocycles. The molecule has 12 heteroatoms. The van der Waals surface area contributed by atoms with Crippen molar-refractivity contribution in [2.75, 3.05) is 26.2 Å². The standard InChI is InChI=1S/2C2H6N2.CHNS.CNS.Co.HNO2/c2*3-1-2-4;2*2-1-3;;2-1-3/h2*3-4H,1-2H2;3H;;;(H,2,3)/q2*-2;;-1;+3;/p-1. The first-order chi connectivity index (χ1) is 8.07. The van der Waals surface area contributed by atoms with Gasteiger partial charge in [0.25, 0.3) is 0 Å². The first-order valence-electron chi connectivity index (χ1n) is 3.65. The molecule has 4 N–H and O–H groups in total. The predicted molar refractivity (Wildman–Crippen MR) is 76.5 cm³/mol. The molecule has 0 spiro atoms. The molecule has 0 aromatic rings. The maximum atomic E-state index is 8.00. The van der Waals surface area contributed by atoms with E-state index >= 15 is 0 Å². The normalized spacial score (nSPS) is 4.89. The van der Waals surface area contributed by atoms with E-state index in [2.05, 4.69) is 24.8 Å². The van der Waals surface area contributed by atoms with E-state index in [-0.39, 0.29) is 43.0 Å². The maximum absolute atomic E-state index is 8.00. The smallest absolute Gasteiger partial charge is 0.753 e. The summed E-state index contributed by atoms with van der Waals surface area (Å²) in [4.78, 5) is 8.00.